The van der Waals surface area contributed by atoms with Crippen LogP contribution in [0.5, 0.6) is 0 Å². The predicted octanol–water partition coefficient (Wildman–Crippen LogP) is 1.18. The van der Waals surface area contributed by atoms with E-state index < -0.39 is 0 Å². The molecule has 0 radical (unpaired) electrons. The molecule has 0 aliphatic rings. The molecule has 0 spiro atoms. The molecule has 17 heavy (non-hydrogen) atoms. The molecule has 0 aliphatic carbocycles. The van der Waals surface area contributed by atoms with Crippen LogP contribution in [0.4, 0.5) is 0 Å². The Hall–Kier alpha value is -1.54. The fourth-order valence-corrected chi connectivity index (χ4v) is 1.93. The van der Waals surface area contributed by atoms with E-state index in [0.717, 1.165) is 29.6 Å². The number of aliphatic imine (C=N–C) groups is 1. The van der Waals surface area contributed by atoms with Crippen LogP contribution in [0.1, 0.15) is 17.6 Å². The minimum atomic E-state index is 0.488. The highest BCUT2D eigenvalue weighted by Gasteiger charge is 1.98. The molecule has 1 aromatic heterocycles. The molecule has 0 fully saturated rings. The largest absolute Gasteiger partial charge is 0.357 e. The van der Waals surface area contributed by atoms with E-state index in [1.165, 1.54) is 0 Å². The fraction of sp³-hybridized carbons (Fsp3) is 0.500. The minimum absolute atomic E-state index is 0.488. The van der Waals surface area contributed by atoms with E-state index in [4.69, 9.17) is 6.42 Å². The molecule has 1 aromatic rings. The van der Waals surface area contributed by atoms with Gasteiger partial charge < -0.3 is 10.6 Å². The first-order chi connectivity index (χ1) is 8.26. The van der Waals surface area contributed by atoms with Crippen molar-refractivity contribution in [2.24, 2.45) is 4.99 Å². The third-order valence-corrected chi connectivity index (χ3v) is 2.83. The Labute approximate surface area is 107 Å². The quantitative estimate of drug-likeness (QED) is 0.469. The Bertz CT molecular complexity index is 403. The SMILES string of the molecule is C#CCNC(=NCCc1csc(C)n1)NCC. The van der Waals surface area contributed by atoms with Crippen molar-refractivity contribution in [3.8, 4) is 12.3 Å². The second-order valence-electron chi connectivity index (χ2n) is 3.43. The van der Waals surface area contributed by atoms with Gasteiger partial charge in [-0.15, -0.1) is 17.8 Å². The lowest BCUT2D eigenvalue weighted by atomic mass is 10.3. The molecule has 0 saturated carbocycles. The number of thiazole rings is 1. The maximum Gasteiger partial charge on any atom is 0.192 e. The van der Waals surface area contributed by atoms with Crippen LogP contribution < -0.4 is 10.6 Å². The summed E-state index contributed by atoms with van der Waals surface area (Å²) in [4.78, 5) is 8.81. The number of rotatable bonds is 5. The molecule has 0 bridgehead atoms. The number of hydrogen-bond acceptors (Lipinski definition) is 3. The lowest BCUT2D eigenvalue weighted by molar-refractivity contribution is 0.848. The molecule has 0 unspecified atom stereocenters. The normalized spacial score (nSPS) is 11.0. The van der Waals surface area contributed by atoms with Gasteiger partial charge in [-0.25, -0.2) is 4.98 Å². The average molecular weight is 250 g/mol. The molecule has 1 heterocycles. The molecular weight excluding hydrogens is 232 g/mol. The molecule has 5 heteroatoms. The summed E-state index contributed by atoms with van der Waals surface area (Å²) in [5.41, 5.74) is 1.10. The molecule has 92 valence electrons. The predicted molar refractivity (Wildman–Crippen MR) is 73.4 cm³/mol. The van der Waals surface area contributed by atoms with E-state index in [0.29, 0.717) is 13.1 Å². The number of hydrogen-bond donors (Lipinski definition) is 2. The number of terminal acetylenes is 1. The molecule has 0 saturated heterocycles. The van der Waals surface area contributed by atoms with E-state index >= 15 is 0 Å². The van der Waals surface area contributed by atoms with Gasteiger partial charge in [-0.2, -0.15) is 0 Å². The van der Waals surface area contributed by atoms with E-state index in [2.05, 4.69) is 31.9 Å². The molecule has 0 aromatic carbocycles. The molecule has 0 atom stereocenters. The van der Waals surface area contributed by atoms with Crippen molar-refractivity contribution in [1.29, 1.82) is 0 Å². The molecule has 4 nitrogen and oxygen atoms in total. The van der Waals surface area contributed by atoms with Gasteiger partial charge in [0.15, 0.2) is 5.96 Å². The third kappa shape index (κ3) is 5.36. The first-order valence-corrected chi connectivity index (χ1v) is 6.51. The monoisotopic (exact) mass is 250 g/mol. The molecule has 2 N–H and O–H groups in total. The van der Waals surface area contributed by atoms with Crippen molar-refractivity contribution in [1.82, 2.24) is 15.6 Å². The summed E-state index contributed by atoms with van der Waals surface area (Å²) in [5.74, 6) is 3.29. The van der Waals surface area contributed by atoms with Crippen LogP contribution in [-0.2, 0) is 6.42 Å². The molecule has 1 rings (SSSR count). The maximum atomic E-state index is 5.19. The summed E-state index contributed by atoms with van der Waals surface area (Å²) in [6, 6.07) is 0. The van der Waals surface area contributed by atoms with Crippen LogP contribution in [0, 0.1) is 19.3 Å². The summed E-state index contributed by atoms with van der Waals surface area (Å²) in [6.07, 6.45) is 6.05. The fourth-order valence-electron chi connectivity index (χ4n) is 1.28. The summed E-state index contributed by atoms with van der Waals surface area (Å²) in [5, 5.41) is 9.36. The van der Waals surface area contributed by atoms with E-state index in [1.54, 1.807) is 11.3 Å². The summed E-state index contributed by atoms with van der Waals surface area (Å²) >= 11 is 1.67. The molecular formula is C12H18N4S. The highest BCUT2D eigenvalue weighted by atomic mass is 32.1. The van der Waals surface area contributed by atoms with Crippen LogP contribution in [0.25, 0.3) is 0 Å². The topological polar surface area (TPSA) is 49.3 Å². The van der Waals surface area contributed by atoms with Gasteiger partial charge in [0.1, 0.15) is 0 Å². The van der Waals surface area contributed by atoms with Crippen LogP contribution in [0.2, 0.25) is 0 Å². The van der Waals surface area contributed by atoms with Gasteiger partial charge in [-0.05, 0) is 13.8 Å². The number of nitrogens with zero attached hydrogens (tertiary/aromatic N) is 2. The van der Waals surface area contributed by atoms with Crippen LogP contribution in [0.15, 0.2) is 10.4 Å². The standard InChI is InChI=1S/C12H18N4S/c1-4-7-14-12(13-5-2)15-8-6-11-9-17-10(3)16-11/h1,9H,5-8H2,2-3H3,(H2,13,14,15). The highest BCUT2D eigenvalue weighted by molar-refractivity contribution is 7.09. The maximum absolute atomic E-state index is 5.19. The average Bonchev–Trinajstić information content (AvgIpc) is 2.72. The van der Waals surface area contributed by atoms with E-state index in [1.807, 2.05) is 13.8 Å². The van der Waals surface area contributed by atoms with Crippen molar-refractivity contribution in [3.63, 3.8) is 0 Å². The van der Waals surface area contributed by atoms with Crippen molar-refractivity contribution in [2.75, 3.05) is 19.6 Å². The third-order valence-electron chi connectivity index (χ3n) is 2.01. The zero-order valence-electron chi connectivity index (χ0n) is 10.3. The van der Waals surface area contributed by atoms with E-state index in [-0.39, 0.29) is 0 Å². The Morgan fingerprint density at radius 1 is 1.59 bits per heavy atom. The smallest absolute Gasteiger partial charge is 0.192 e. The van der Waals surface area contributed by atoms with Gasteiger partial charge in [0.25, 0.3) is 0 Å². The lowest BCUT2D eigenvalue weighted by Crippen LogP contribution is -2.37. The van der Waals surface area contributed by atoms with Crippen LogP contribution >= 0.6 is 11.3 Å². The van der Waals surface area contributed by atoms with Crippen molar-refractivity contribution in [2.45, 2.75) is 20.3 Å². The number of aromatic nitrogens is 1. The first-order valence-electron chi connectivity index (χ1n) is 5.63. The van der Waals surface area contributed by atoms with Gasteiger partial charge in [-0.1, -0.05) is 5.92 Å². The lowest BCUT2D eigenvalue weighted by Gasteiger charge is -2.08. The molecule has 0 amide bonds. The number of aryl methyl sites for hydroxylation is 1. The second kappa shape index (κ2) is 7.69. The minimum Gasteiger partial charge on any atom is -0.357 e. The van der Waals surface area contributed by atoms with Gasteiger partial charge in [0, 0.05) is 24.9 Å². The Morgan fingerprint density at radius 2 is 2.41 bits per heavy atom. The zero-order chi connectivity index (χ0) is 12.5. The van der Waals surface area contributed by atoms with Gasteiger partial charge in [0.05, 0.1) is 17.2 Å². The Kier molecular flexibility index (Phi) is 6.12. The Balaban J connectivity index is 2.40. The summed E-state index contributed by atoms with van der Waals surface area (Å²) in [7, 11) is 0. The number of guanidine groups is 1. The highest BCUT2D eigenvalue weighted by Crippen LogP contribution is 2.08. The van der Waals surface area contributed by atoms with Crippen molar-refractivity contribution < 1.29 is 0 Å². The van der Waals surface area contributed by atoms with E-state index in [9.17, 15) is 0 Å². The van der Waals surface area contributed by atoms with Gasteiger partial charge >= 0.3 is 0 Å². The van der Waals surface area contributed by atoms with Crippen LogP contribution in [-0.4, -0.2) is 30.6 Å². The van der Waals surface area contributed by atoms with Gasteiger partial charge in [-0.3, -0.25) is 4.99 Å². The van der Waals surface area contributed by atoms with Crippen molar-refractivity contribution >= 4 is 17.3 Å². The van der Waals surface area contributed by atoms with Crippen molar-refractivity contribution in [3.05, 3.63) is 16.1 Å². The summed E-state index contributed by atoms with van der Waals surface area (Å²) in [6.45, 7) is 6.06. The zero-order valence-corrected chi connectivity index (χ0v) is 11.1. The van der Waals surface area contributed by atoms with Gasteiger partial charge in [0.2, 0.25) is 0 Å². The second-order valence-corrected chi connectivity index (χ2v) is 4.49. The van der Waals surface area contributed by atoms with Crippen LogP contribution in [0.3, 0.4) is 0 Å². The summed E-state index contributed by atoms with van der Waals surface area (Å²) < 4.78 is 0. The molecule has 0 aliphatic heterocycles. The number of nitrogens with one attached hydrogen (secondary N) is 2. The first kappa shape index (κ1) is 13.5. The Morgan fingerprint density at radius 3 is 3.00 bits per heavy atom.